The molecule has 0 radical (unpaired) electrons. The average Bonchev–Trinajstić information content (AvgIpc) is 2.25. The molecule has 1 rings (SSSR count). The van der Waals surface area contributed by atoms with Crippen LogP contribution in [0.15, 0.2) is 30.3 Å². The van der Waals surface area contributed by atoms with Gasteiger partial charge in [-0.15, -0.1) is 0 Å². The lowest BCUT2D eigenvalue weighted by Crippen LogP contribution is -1.97. The van der Waals surface area contributed by atoms with Gasteiger partial charge in [-0.3, -0.25) is 0 Å². The van der Waals surface area contributed by atoms with Crippen LogP contribution in [-0.2, 0) is 0 Å². The summed E-state index contributed by atoms with van der Waals surface area (Å²) in [5.41, 5.74) is 1.04. The minimum atomic E-state index is -0.279. The van der Waals surface area contributed by atoms with E-state index in [2.05, 4.69) is 13.8 Å². The standard InChI is InChI=1S/C14H22O/c1-12(2)8-6-7-11-14(15)13-9-4-3-5-10-13/h3-5,9-10,12,14-15H,6-8,11H2,1-2H3. The number of benzene rings is 1. The van der Waals surface area contributed by atoms with E-state index in [0.717, 1.165) is 24.3 Å². The Kier molecular flexibility index (Phi) is 5.41. The highest BCUT2D eigenvalue weighted by atomic mass is 16.3. The van der Waals surface area contributed by atoms with Crippen molar-refractivity contribution in [3.63, 3.8) is 0 Å². The molecule has 0 saturated carbocycles. The summed E-state index contributed by atoms with van der Waals surface area (Å²) in [6.45, 7) is 4.49. The van der Waals surface area contributed by atoms with E-state index >= 15 is 0 Å². The highest BCUT2D eigenvalue weighted by molar-refractivity contribution is 5.16. The molecule has 0 saturated heterocycles. The van der Waals surface area contributed by atoms with Crippen LogP contribution in [0.25, 0.3) is 0 Å². The number of unbranched alkanes of at least 4 members (excludes halogenated alkanes) is 1. The molecule has 0 aliphatic carbocycles. The van der Waals surface area contributed by atoms with E-state index < -0.39 is 0 Å². The monoisotopic (exact) mass is 206 g/mol. The van der Waals surface area contributed by atoms with Crippen molar-refractivity contribution in [2.24, 2.45) is 5.92 Å². The zero-order chi connectivity index (χ0) is 11.1. The summed E-state index contributed by atoms with van der Waals surface area (Å²) in [7, 11) is 0. The molecule has 15 heavy (non-hydrogen) atoms. The summed E-state index contributed by atoms with van der Waals surface area (Å²) in [6.07, 6.45) is 4.21. The van der Waals surface area contributed by atoms with Crippen molar-refractivity contribution >= 4 is 0 Å². The molecular formula is C14H22O. The van der Waals surface area contributed by atoms with Crippen molar-refractivity contribution in [2.45, 2.75) is 45.6 Å². The SMILES string of the molecule is CC(C)CCCCC(O)c1ccccc1. The predicted octanol–water partition coefficient (Wildman–Crippen LogP) is 3.94. The molecule has 0 heterocycles. The quantitative estimate of drug-likeness (QED) is 0.699. The Hall–Kier alpha value is -0.820. The third-order valence-corrected chi connectivity index (χ3v) is 2.69. The molecule has 1 N–H and O–H groups in total. The third-order valence-electron chi connectivity index (χ3n) is 2.69. The molecule has 0 aliphatic rings. The van der Waals surface area contributed by atoms with Gasteiger partial charge in [-0.1, -0.05) is 63.4 Å². The van der Waals surface area contributed by atoms with Crippen LogP contribution in [0.4, 0.5) is 0 Å². The second-order valence-corrected chi connectivity index (χ2v) is 4.60. The van der Waals surface area contributed by atoms with Gasteiger partial charge in [0.05, 0.1) is 6.10 Å². The summed E-state index contributed by atoms with van der Waals surface area (Å²) in [4.78, 5) is 0. The number of aliphatic hydroxyl groups excluding tert-OH is 1. The maximum atomic E-state index is 9.89. The summed E-state index contributed by atoms with van der Waals surface area (Å²) >= 11 is 0. The van der Waals surface area contributed by atoms with E-state index in [9.17, 15) is 5.11 Å². The number of rotatable bonds is 6. The van der Waals surface area contributed by atoms with Crippen LogP contribution in [0.5, 0.6) is 0 Å². The fraction of sp³-hybridized carbons (Fsp3) is 0.571. The van der Waals surface area contributed by atoms with Crippen molar-refractivity contribution < 1.29 is 5.11 Å². The molecule has 1 aromatic rings. The zero-order valence-electron chi connectivity index (χ0n) is 9.82. The zero-order valence-corrected chi connectivity index (χ0v) is 9.82. The molecule has 1 unspecified atom stereocenters. The van der Waals surface area contributed by atoms with Crippen LogP contribution in [0, 0.1) is 5.92 Å². The Morgan fingerprint density at radius 2 is 1.60 bits per heavy atom. The van der Waals surface area contributed by atoms with Gasteiger partial charge < -0.3 is 5.11 Å². The summed E-state index contributed by atoms with van der Waals surface area (Å²) in [5, 5.41) is 9.89. The minimum absolute atomic E-state index is 0.279. The maximum Gasteiger partial charge on any atom is 0.0790 e. The van der Waals surface area contributed by atoms with Crippen molar-refractivity contribution in [3.8, 4) is 0 Å². The summed E-state index contributed by atoms with van der Waals surface area (Å²) in [5.74, 6) is 0.777. The highest BCUT2D eigenvalue weighted by Gasteiger charge is 2.05. The average molecular weight is 206 g/mol. The molecule has 0 amide bonds. The van der Waals surface area contributed by atoms with Crippen molar-refractivity contribution in [1.82, 2.24) is 0 Å². The maximum absolute atomic E-state index is 9.89. The van der Waals surface area contributed by atoms with E-state index in [1.807, 2.05) is 30.3 Å². The normalized spacial score (nSPS) is 13.1. The van der Waals surface area contributed by atoms with Crippen LogP contribution < -0.4 is 0 Å². The number of hydrogen-bond donors (Lipinski definition) is 1. The van der Waals surface area contributed by atoms with E-state index in [4.69, 9.17) is 0 Å². The van der Waals surface area contributed by atoms with Crippen LogP contribution in [0.1, 0.15) is 51.2 Å². The van der Waals surface area contributed by atoms with Gasteiger partial charge in [-0.05, 0) is 17.9 Å². The van der Waals surface area contributed by atoms with E-state index in [1.165, 1.54) is 12.8 Å². The topological polar surface area (TPSA) is 20.2 Å². The third kappa shape index (κ3) is 4.98. The van der Waals surface area contributed by atoms with Gasteiger partial charge in [-0.2, -0.15) is 0 Å². The second-order valence-electron chi connectivity index (χ2n) is 4.60. The molecule has 0 aliphatic heterocycles. The molecule has 0 aromatic heterocycles. The molecular weight excluding hydrogens is 184 g/mol. The Bertz CT molecular complexity index is 253. The smallest absolute Gasteiger partial charge is 0.0790 e. The molecule has 1 atom stereocenters. The Labute approximate surface area is 93.1 Å². The molecule has 1 heteroatoms. The summed E-state index contributed by atoms with van der Waals surface area (Å²) in [6, 6.07) is 9.93. The van der Waals surface area contributed by atoms with Crippen molar-refractivity contribution in [2.75, 3.05) is 0 Å². The van der Waals surface area contributed by atoms with Crippen molar-refractivity contribution in [1.29, 1.82) is 0 Å². The fourth-order valence-corrected chi connectivity index (χ4v) is 1.73. The van der Waals surface area contributed by atoms with Crippen molar-refractivity contribution in [3.05, 3.63) is 35.9 Å². The summed E-state index contributed by atoms with van der Waals surface area (Å²) < 4.78 is 0. The van der Waals surface area contributed by atoms with Gasteiger partial charge >= 0.3 is 0 Å². The largest absolute Gasteiger partial charge is 0.388 e. The second kappa shape index (κ2) is 6.62. The molecule has 0 fully saturated rings. The van der Waals surface area contributed by atoms with Gasteiger partial charge in [0.15, 0.2) is 0 Å². The fourth-order valence-electron chi connectivity index (χ4n) is 1.73. The lowest BCUT2D eigenvalue weighted by atomic mass is 10.0. The van der Waals surface area contributed by atoms with Gasteiger partial charge in [0.2, 0.25) is 0 Å². The van der Waals surface area contributed by atoms with Crippen LogP contribution >= 0.6 is 0 Å². The molecule has 1 aromatic carbocycles. The van der Waals surface area contributed by atoms with Gasteiger partial charge in [0.1, 0.15) is 0 Å². The van der Waals surface area contributed by atoms with E-state index in [1.54, 1.807) is 0 Å². The molecule has 0 spiro atoms. The van der Waals surface area contributed by atoms with Gasteiger partial charge in [-0.25, -0.2) is 0 Å². The number of aliphatic hydroxyl groups is 1. The lowest BCUT2D eigenvalue weighted by Gasteiger charge is -2.11. The first-order chi connectivity index (χ1) is 7.20. The molecule has 0 bridgehead atoms. The Morgan fingerprint density at radius 1 is 1.00 bits per heavy atom. The minimum Gasteiger partial charge on any atom is -0.388 e. The number of hydrogen-bond acceptors (Lipinski definition) is 1. The van der Waals surface area contributed by atoms with E-state index in [-0.39, 0.29) is 6.10 Å². The highest BCUT2D eigenvalue weighted by Crippen LogP contribution is 2.19. The Morgan fingerprint density at radius 3 is 2.20 bits per heavy atom. The molecule has 1 nitrogen and oxygen atoms in total. The lowest BCUT2D eigenvalue weighted by molar-refractivity contribution is 0.163. The van der Waals surface area contributed by atoms with E-state index in [0.29, 0.717) is 0 Å². The first-order valence-corrected chi connectivity index (χ1v) is 5.93. The van der Waals surface area contributed by atoms with Crippen LogP contribution in [0.3, 0.4) is 0 Å². The van der Waals surface area contributed by atoms with Crippen LogP contribution in [0.2, 0.25) is 0 Å². The van der Waals surface area contributed by atoms with Gasteiger partial charge in [0, 0.05) is 0 Å². The van der Waals surface area contributed by atoms with Crippen LogP contribution in [-0.4, -0.2) is 5.11 Å². The van der Waals surface area contributed by atoms with Gasteiger partial charge in [0.25, 0.3) is 0 Å². The Balaban J connectivity index is 2.22. The first-order valence-electron chi connectivity index (χ1n) is 5.93. The predicted molar refractivity (Wildman–Crippen MR) is 64.7 cm³/mol. The molecule has 84 valence electrons. The first kappa shape index (κ1) is 12.3.